The van der Waals surface area contributed by atoms with E-state index in [4.69, 9.17) is 14.5 Å². The molecule has 1 aliphatic heterocycles. The number of fused-ring (bicyclic) bond motifs is 2. The number of carbonyl (C=O) groups is 2. The molecular formula is C32H33N3O4. The van der Waals surface area contributed by atoms with Crippen molar-refractivity contribution in [3.63, 3.8) is 0 Å². The van der Waals surface area contributed by atoms with Crippen molar-refractivity contribution in [3.8, 4) is 11.5 Å². The van der Waals surface area contributed by atoms with Crippen molar-refractivity contribution in [2.24, 2.45) is 0 Å². The molecule has 1 atom stereocenters. The van der Waals surface area contributed by atoms with E-state index < -0.39 is 12.1 Å². The molecule has 0 aliphatic carbocycles. The molecule has 1 aromatic heterocycles. The Bertz CT molecular complexity index is 1470. The third-order valence-corrected chi connectivity index (χ3v) is 7.02. The second kappa shape index (κ2) is 11.7. The first-order chi connectivity index (χ1) is 18.9. The monoisotopic (exact) mass is 523 g/mol. The SMILES string of the molecule is CCC(OC(=O)c1c2c(nc3ccccc13)CCN(C(C)C)C2)C(=O)Nc1ccc(Oc2ccccc2)cc1. The van der Waals surface area contributed by atoms with Crippen molar-refractivity contribution in [2.45, 2.75) is 52.3 Å². The zero-order valence-corrected chi connectivity index (χ0v) is 22.5. The number of aromatic nitrogens is 1. The van der Waals surface area contributed by atoms with Crippen LogP contribution in [0.15, 0.2) is 78.9 Å². The molecule has 4 aromatic rings. The Kier molecular flexibility index (Phi) is 7.89. The van der Waals surface area contributed by atoms with Gasteiger partial charge in [-0.1, -0.05) is 43.3 Å². The van der Waals surface area contributed by atoms with E-state index in [2.05, 4.69) is 24.1 Å². The summed E-state index contributed by atoms with van der Waals surface area (Å²) in [7, 11) is 0. The quantitative estimate of drug-likeness (QED) is 0.270. The highest BCUT2D eigenvalue weighted by atomic mass is 16.5. The molecule has 1 N–H and O–H groups in total. The zero-order valence-electron chi connectivity index (χ0n) is 22.5. The number of benzene rings is 3. The highest BCUT2D eigenvalue weighted by Crippen LogP contribution is 2.30. The summed E-state index contributed by atoms with van der Waals surface area (Å²) in [5, 5.41) is 3.62. The van der Waals surface area contributed by atoms with Gasteiger partial charge >= 0.3 is 5.97 Å². The summed E-state index contributed by atoms with van der Waals surface area (Å²) in [5.74, 6) is 0.514. The van der Waals surface area contributed by atoms with Gasteiger partial charge in [0.25, 0.3) is 5.91 Å². The largest absolute Gasteiger partial charge is 0.457 e. The van der Waals surface area contributed by atoms with Gasteiger partial charge in [0.05, 0.1) is 11.1 Å². The summed E-state index contributed by atoms with van der Waals surface area (Å²) in [4.78, 5) is 34.0. The van der Waals surface area contributed by atoms with Crippen LogP contribution in [-0.2, 0) is 22.5 Å². The topological polar surface area (TPSA) is 80.8 Å². The van der Waals surface area contributed by atoms with Crippen LogP contribution in [0.1, 0.15) is 48.8 Å². The summed E-state index contributed by atoms with van der Waals surface area (Å²) in [5.41, 5.74) is 3.68. The van der Waals surface area contributed by atoms with Crippen LogP contribution in [0.5, 0.6) is 11.5 Å². The fourth-order valence-corrected chi connectivity index (χ4v) is 4.85. The molecule has 1 amide bonds. The first kappa shape index (κ1) is 26.4. The number of para-hydroxylation sites is 2. The fourth-order valence-electron chi connectivity index (χ4n) is 4.85. The average Bonchev–Trinajstić information content (AvgIpc) is 2.95. The Balaban J connectivity index is 1.33. The van der Waals surface area contributed by atoms with Crippen molar-refractivity contribution in [2.75, 3.05) is 11.9 Å². The van der Waals surface area contributed by atoms with Crippen LogP contribution >= 0.6 is 0 Å². The Morgan fingerprint density at radius 1 is 0.949 bits per heavy atom. The van der Waals surface area contributed by atoms with Crippen LogP contribution in [0.4, 0.5) is 5.69 Å². The third-order valence-electron chi connectivity index (χ3n) is 7.02. The smallest absolute Gasteiger partial charge is 0.340 e. The Morgan fingerprint density at radius 2 is 1.64 bits per heavy atom. The van der Waals surface area contributed by atoms with E-state index in [-0.39, 0.29) is 5.91 Å². The maximum atomic E-state index is 13.7. The molecule has 7 heteroatoms. The van der Waals surface area contributed by atoms with E-state index in [0.29, 0.717) is 36.0 Å². The Hall–Kier alpha value is -4.23. The van der Waals surface area contributed by atoms with Gasteiger partial charge in [-0.2, -0.15) is 0 Å². The van der Waals surface area contributed by atoms with Crippen LogP contribution in [0.3, 0.4) is 0 Å². The summed E-state index contributed by atoms with van der Waals surface area (Å²) >= 11 is 0. The van der Waals surface area contributed by atoms with Gasteiger partial charge in [0.2, 0.25) is 0 Å². The van der Waals surface area contributed by atoms with E-state index in [9.17, 15) is 9.59 Å². The van der Waals surface area contributed by atoms with Gasteiger partial charge in [-0.3, -0.25) is 14.7 Å². The van der Waals surface area contributed by atoms with Crippen molar-refractivity contribution >= 4 is 28.5 Å². The summed E-state index contributed by atoms with van der Waals surface area (Å²) in [6, 6.07) is 24.5. The number of nitrogens with zero attached hydrogens (tertiary/aromatic N) is 2. The lowest BCUT2D eigenvalue weighted by molar-refractivity contribution is -0.124. The summed E-state index contributed by atoms with van der Waals surface area (Å²) in [6.45, 7) is 7.63. The maximum Gasteiger partial charge on any atom is 0.340 e. The number of hydrogen-bond acceptors (Lipinski definition) is 6. The van der Waals surface area contributed by atoms with Gasteiger partial charge in [-0.25, -0.2) is 4.79 Å². The Labute approximate surface area is 228 Å². The second-order valence-electron chi connectivity index (χ2n) is 9.97. The number of nitrogens with one attached hydrogen (secondary N) is 1. The zero-order chi connectivity index (χ0) is 27.4. The van der Waals surface area contributed by atoms with Crippen LogP contribution < -0.4 is 10.1 Å². The minimum Gasteiger partial charge on any atom is -0.457 e. The third kappa shape index (κ3) is 5.94. The number of hydrogen-bond donors (Lipinski definition) is 1. The predicted molar refractivity (Wildman–Crippen MR) is 152 cm³/mol. The molecule has 3 aromatic carbocycles. The van der Waals surface area contributed by atoms with Crippen LogP contribution in [-0.4, -0.2) is 40.5 Å². The van der Waals surface area contributed by atoms with Gasteiger partial charge < -0.3 is 14.8 Å². The van der Waals surface area contributed by atoms with Crippen LogP contribution in [0.2, 0.25) is 0 Å². The number of rotatable bonds is 8. The fraction of sp³-hybridized carbons (Fsp3) is 0.281. The molecule has 0 radical (unpaired) electrons. The van der Waals surface area contributed by atoms with E-state index in [1.54, 1.807) is 24.3 Å². The predicted octanol–water partition coefficient (Wildman–Crippen LogP) is 6.37. The molecule has 2 heterocycles. The molecule has 7 nitrogen and oxygen atoms in total. The normalized spacial score (nSPS) is 14.1. The lowest BCUT2D eigenvalue weighted by Crippen LogP contribution is -2.38. The molecule has 1 unspecified atom stereocenters. The van der Waals surface area contributed by atoms with Gasteiger partial charge in [0.15, 0.2) is 6.10 Å². The minimum atomic E-state index is -0.940. The highest BCUT2D eigenvalue weighted by Gasteiger charge is 2.30. The van der Waals surface area contributed by atoms with Crippen LogP contribution in [0.25, 0.3) is 10.9 Å². The number of anilines is 1. The van der Waals surface area contributed by atoms with Crippen LogP contribution in [0, 0.1) is 0 Å². The van der Waals surface area contributed by atoms with E-state index in [0.717, 1.165) is 40.9 Å². The maximum absolute atomic E-state index is 13.7. The molecule has 0 spiro atoms. The molecular weight excluding hydrogens is 490 g/mol. The number of amides is 1. The first-order valence-corrected chi connectivity index (χ1v) is 13.4. The standard InChI is InChI=1S/C32H33N3O4/c1-4-29(31(36)33-22-14-16-24(17-15-22)38-23-10-6-5-7-11-23)39-32(37)30-25-12-8-9-13-27(25)34-28-18-19-35(21(2)3)20-26(28)30/h5-17,21,29H,4,18-20H2,1-3H3,(H,33,36). The minimum absolute atomic E-state index is 0.340. The molecule has 0 saturated heterocycles. The molecule has 0 fully saturated rings. The number of esters is 1. The average molecular weight is 524 g/mol. The highest BCUT2D eigenvalue weighted by molar-refractivity contribution is 6.06. The summed E-state index contributed by atoms with van der Waals surface area (Å²) < 4.78 is 11.7. The van der Waals surface area contributed by atoms with Crippen molar-refractivity contribution in [3.05, 3.63) is 95.7 Å². The van der Waals surface area contributed by atoms with Crippen molar-refractivity contribution in [1.82, 2.24) is 9.88 Å². The molecule has 0 bridgehead atoms. The first-order valence-electron chi connectivity index (χ1n) is 13.4. The molecule has 1 aliphatic rings. The second-order valence-corrected chi connectivity index (χ2v) is 9.97. The van der Waals surface area contributed by atoms with Gasteiger partial charge in [0, 0.05) is 47.9 Å². The van der Waals surface area contributed by atoms with Gasteiger partial charge in [-0.15, -0.1) is 0 Å². The van der Waals surface area contributed by atoms with Gasteiger partial charge in [0.1, 0.15) is 11.5 Å². The van der Waals surface area contributed by atoms with E-state index in [1.165, 1.54) is 0 Å². The lowest BCUT2D eigenvalue weighted by atomic mass is 9.95. The van der Waals surface area contributed by atoms with E-state index in [1.807, 2.05) is 61.5 Å². The van der Waals surface area contributed by atoms with Crippen molar-refractivity contribution < 1.29 is 19.1 Å². The lowest BCUT2D eigenvalue weighted by Gasteiger charge is -2.32. The van der Waals surface area contributed by atoms with Crippen molar-refractivity contribution in [1.29, 1.82) is 0 Å². The molecule has 0 saturated carbocycles. The molecule has 39 heavy (non-hydrogen) atoms. The van der Waals surface area contributed by atoms with E-state index >= 15 is 0 Å². The summed E-state index contributed by atoms with van der Waals surface area (Å²) in [6.07, 6.45) is 0.168. The van der Waals surface area contributed by atoms with Gasteiger partial charge in [-0.05, 0) is 62.7 Å². The number of ether oxygens (including phenoxy) is 2. The molecule has 5 rings (SSSR count). The molecule has 200 valence electrons. The number of carbonyl (C=O) groups excluding carboxylic acids is 2. The number of pyridine rings is 1. The Morgan fingerprint density at radius 3 is 2.36 bits per heavy atom.